The second kappa shape index (κ2) is 4.70. The summed E-state index contributed by atoms with van der Waals surface area (Å²) >= 11 is 12.7. The van der Waals surface area contributed by atoms with Crippen molar-refractivity contribution in [2.75, 3.05) is 6.54 Å². The molecular formula is C9H12Cl2N2OS. The maximum absolute atomic E-state index is 11.6. The second-order valence-corrected chi connectivity index (χ2v) is 6.19. The summed E-state index contributed by atoms with van der Waals surface area (Å²) < 4.78 is 0.893. The van der Waals surface area contributed by atoms with Crippen molar-refractivity contribution in [3.8, 4) is 0 Å². The van der Waals surface area contributed by atoms with Crippen molar-refractivity contribution in [3.05, 3.63) is 20.3 Å². The monoisotopic (exact) mass is 266 g/mol. The van der Waals surface area contributed by atoms with Gasteiger partial charge in [0.1, 0.15) is 4.34 Å². The van der Waals surface area contributed by atoms with Gasteiger partial charge in [-0.3, -0.25) is 4.79 Å². The minimum Gasteiger partial charge on any atom is -0.350 e. The molecule has 0 atom stereocenters. The zero-order valence-corrected chi connectivity index (χ0v) is 10.8. The van der Waals surface area contributed by atoms with Gasteiger partial charge in [0.15, 0.2) is 0 Å². The summed E-state index contributed by atoms with van der Waals surface area (Å²) in [5.74, 6) is -0.248. The van der Waals surface area contributed by atoms with E-state index in [0.717, 1.165) is 0 Å². The molecule has 1 aromatic heterocycles. The largest absolute Gasteiger partial charge is 0.350 e. The highest BCUT2D eigenvalue weighted by Gasteiger charge is 2.17. The highest BCUT2D eigenvalue weighted by molar-refractivity contribution is 7.20. The third-order valence-corrected chi connectivity index (χ3v) is 3.09. The molecule has 1 amide bonds. The molecule has 0 bridgehead atoms. The summed E-state index contributed by atoms with van der Waals surface area (Å²) in [5.41, 5.74) is 5.69. The van der Waals surface area contributed by atoms with Gasteiger partial charge in [0.2, 0.25) is 0 Å². The number of nitrogens with one attached hydrogen (secondary N) is 1. The van der Waals surface area contributed by atoms with Gasteiger partial charge in [-0.1, -0.05) is 23.2 Å². The molecule has 15 heavy (non-hydrogen) atoms. The lowest BCUT2D eigenvalue weighted by atomic mass is 10.1. The zero-order valence-electron chi connectivity index (χ0n) is 8.43. The molecule has 0 aliphatic rings. The normalized spacial score (nSPS) is 11.5. The molecule has 0 fully saturated rings. The Kier molecular flexibility index (Phi) is 4.00. The van der Waals surface area contributed by atoms with E-state index < -0.39 is 5.54 Å². The standard InChI is InChI=1S/C9H12Cl2N2OS/c1-9(2,12)4-13-8(14)5-3-6(10)15-7(5)11/h3H,4,12H2,1-2H3,(H,13,14). The summed E-state index contributed by atoms with van der Waals surface area (Å²) in [4.78, 5) is 11.6. The van der Waals surface area contributed by atoms with E-state index in [4.69, 9.17) is 28.9 Å². The number of halogens is 2. The van der Waals surface area contributed by atoms with Gasteiger partial charge in [0, 0.05) is 12.1 Å². The van der Waals surface area contributed by atoms with E-state index in [1.165, 1.54) is 11.3 Å². The van der Waals surface area contributed by atoms with Gasteiger partial charge in [-0.15, -0.1) is 11.3 Å². The maximum Gasteiger partial charge on any atom is 0.253 e. The molecule has 0 spiro atoms. The van der Waals surface area contributed by atoms with E-state index in [-0.39, 0.29) is 5.91 Å². The van der Waals surface area contributed by atoms with Crippen LogP contribution in [0, 0.1) is 0 Å². The fraction of sp³-hybridized carbons (Fsp3) is 0.444. The van der Waals surface area contributed by atoms with Gasteiger partial charge in [0.25, 0.3) is 5.91 Å². The molecule has 1 aromatic rings. The summed E-state index contributed by atoms with van der Waals surface area (Å²) in [6, 6.07) is 1.55. The van der Waals surface area contributed by atoms with Crippen LogP contribution in [0.2, 0.25) is 8.67 Å². The van der Waals surface area contributed by atoms with Crippen LogP contribution in [0.25, 0.3) is 0 Å². The van der Waals surface area contributed by atoms with Crippen molar-refractivity contribution in [2.45, 2.75) is 19.4 Å². The Balaban J connectivity index is 2.66. The first-order chi connectivity index (χ1) is 6.79. The third-order valence-electron chi connectivity index (χ3n) is 1.61. The SMILES string of the molecule is CC(C)(N)CNC(=O)c1cc(Cl)sc1Cl. The first-order valence-electron chi connectivity index (χ1n) is 4.31. The molecule has 0 aliphatic carbocycles. The third kappa shape index (κ3) is 3.99. The summed E-state index contributed by atoms with van der Waals surface area (Å²) in [6.07, 6.45) is 0. The lowest BCUT2D eigenvalue weighted by Gasteiger charge is -2.18. The molecule has 0 saturated heterocycles. The Labute approximate surface area is 103 Å². The Bertz CT molecular complexity index is 371. The van der Waals surface area contributed by atoms with Gasteiger partial charge < -0.3 is 11.1 Å². The molecule has 84 valence electrons. The van der Waals surface area contributed by atoms with Crippen LogP contribution in [0.5, 0.6) is 0 Å². The Hall–Kier alpha value is -0.290. The Morgan fingerprint density at radius 1 is 1.60 bits per heavy atom. The predicted octanol–water partition coefficient (Wildman–Crippen LogP) is 2.52. The van der Waals surface area contributed by atoms with Crippen molar-refractivity contribution >= 4 is 40.4 Å². The van der Waals surface area contributed by atoms with Crippen molar-refractivity contribution in [2.24, 2.45) is 5.73 Å². The second-order valence-electron chi connectivity index (χ2n) is 3.91. The molecule has 1 heterocycles. The number of rotatable bonds is 3. The smallest absolute Gasteiger partial charge is 0.253 e. The lowest BCUT2D eigenvalue weighted by molar-refractivity contribution is 0.0946. The van der Waals surface area contributed by atoms with Crippen LogP contribution in [-0.4, -0.2) is 18.0 Å². The van der Waals surface area contributed by atoms with Crippen molar-refractivity contribution in [3.63, 3.8) is 0 Å². The van der Waals surface area contributed by atoms with E-state index in [1.807, 2.05) is 13.8 Å². The van der Waals surface area contributed by atoms with Crippen LogP contribution >= 0.6 is 34.5 Å². The van der Waals surface area contributed by atoms with Crippen LogP contribution in [-0.2, 0) is 0 Å². The van der Waals surface area contributed by atoms with Crippen LogP contribution in [0.3, 0.4) is 0 Å². The Morgan fingerprint density at radius 3 is 2.60 bits per heavy atom. The molecule has 0 radical (unpaired) electrons. The van der Waals surface area contributed by atoms with Crippen LogP contribution < -0.4 is 11.1 Å². The number of amides is 1. The first kappa shape index (κ1) is 12.8. The highest BCUT2D eigenvalue weighted by atomic mass is 35.5. The maximum atomic E-state index is 11.6. The average Bonchev–Trinajstić information content (AvgIpc) is 2.40. The van der Waals surface area contributed by atoms with Gasteiger partial charge in [-0.25, -0.2) is 0 Å². The predicted molar refractivity (Wildman–Crippen MR) is 64.9 cm³/mol. The fourth-order valence-electron chi connectivity index (χ4n) is 0.898. The van der Waals surface area contributed by atoms with E-state index in [0.29, 0.717) is 20.8 Å². The highest BCUT2D eigenvalue weighted by Crippen LogP contribution is 2.30. The summed E-state index contributed by atoms with van der Waals surface area (Å²) in [5, 5.41) is 2.69. The summed E-state index contributed by atoms with van der Waals surface area (Å²) in [6.45, 7) is 4.04. The molecular weight excluding hydrogens is 255 g/mol. The van der Waals surface area contributed by atoms with Crippen molar-refractivity contribution in [1.29, 1.82) is 0 Å². The average molecular weight is 267 g/mol. The molecule has 1 rings (SSSR count). The molecule has 0 aliphatic heterocycles. The topological polar surface area (TPSA) is 55.1 Å². The van der Waals surface area contributed by atoms with E-state index in [9.17, 15) is 4.79 Å². The molecule has 0 aromatic carbocycles. The van der Waals surface area contributed by atoms with Gasteiger partial charge in [0.05, 0.1) is 9.90 Å². The number of carbonyl (C=O) groups is 1. The van der Waals surface area contributed by atoms with Gasteiger partial charge in [-0.2, -0.15) is 0 Å². The van der Waals surface area contributed by atoms with Crippen LogP contribution in [0.4, 0.5) is 0 Å². The van der Waals surface area contributed by atoms with Gasteiger partial charge in [-0.05, 0) is 19.9 Å². The fourth-order valence-corrected chi connectivity index (χ4v) is 2.36. The number of carbonyl (C=O) groups excluding carboxylic acids is 1. The number of hydrogen-bond donors (Lipinski definition) is 2. The first-order valence-corrected chi connectivity index (χ1v) is 5.89. The molecule has 3 N–H and O–H groups in total. The molecule has 0 unspecified atom stereocenters. The van der Waals surface area contributed by atoms with E-state index in [2.05, 4.69) is 5.32 Å². The Morgan fingerprint density at radius 2 is 2.20 bits per heavy atom. The van der Waals surface area contributed by atoms with Crippen LogP contribution in [0.15, 0.2) is 6.07 Å². The van der Waals surface area contributed by atoms with Gasteiger partial charge >= 0.3 is 0 Å². The minimum absolute atomic E-state index is 0.248. The quantitative estimate of drug-likeness (QED) is 0.884. The lowest BCUT2D eigenvalue weighted by Crippen LogP contribution is -2.45. The number of nitrogens with two attached hydrogens (primary N) is 1. The zero-order chi connectivity index (χ0) is 11.6. The molecule has 3 nitrogen and oxygen atoms in total. The molecule has 6 heteroatoms. The minimum atomic E-state index is -0.443. The van der Waals surface area contributed by atoms with E-state index >= 15 is 0 Å². The number of thiophene rings is 1. The van der Waals surface area contributed by atoms with Crippen LogP contribution in [0.1, 0.15) is 24.2 Å². The van der Waals surface area contributed by atoms with E-state index in [1.54, 1.807) is 6.07 Å². The number of hydrogen-bond acceptors (Lipinski definition) is 3. The molecule has 0 saturated carbocycles. The van der Waals surface area contributed by atoms with Crippen molar-refractivity contribution in [1.82, 2.24) is 5.32 Å². The summed E-state index contributed by atoms with van der Waals surface area (Å²) in [7, 11) is 0. The van der Waals surface area contributed by atoms with Crippen molar-refractivity contribution < 1.29 is 4.79 Å².